The van der Waals surface area contributed by atoms with Gasteiger partial charge >= 0.3 is 0 Å². The third-order valence-corrected chi connectivity index (χ3v) is 2.88. The van der Waals surface area contributed by atoms with Crippen LogP contribution in [0.15, 0.2) is 22.7 Å². The number of aromatic nitrogens is 1. The normalized spacial score (nSPS) is 10.4. The third-order valence-electron chi connectivity index (χ3n) is 2.88. The molecule has 1 aromatic carbocycles. The zero-order chi connectivity index (χ0) is 13.3. The highest BCUT2D eigenvalue weighted by molar-refractivity contribution is 5.93. The Morgan fingerprint density at radius 1 is 1.22 bits per heavy atom. The number of carbonyl (C=O) groups excluding carboxylic acids is 1. The van der Waals surface area contributed by atoms with Gasteiger partial charge in [-0.2, -0.15) is 0 Å². The summed E-state index contributed by atoms with van der Waals surface area (Å²) in [6.45, 7) is 5.39. The Balaban J connectivity index is 2.50. The van der Waals surface area contributed by atoms with E-state index in [1.807, 2.05) is 26.0 Å². The fourth-order valence-electron chi connectivity index (χ4n) is 1.84. The first-order valence-corrected chi connectivity index (χ1v) is 5.66. The quantitative estimate of drug-likeness (QED) is 0.779. The first-order chi connectivity index (χ1) is 8.52. The van der Waals surface area contributed by atoms with Crippen LogP contribution < -0.4 is 4.74 Å². The van der Waals surface area contributed by atoms with Gasteiger partial charge < -0.3 is 9.26 Å². The molecule has 0 spiro atoms. The molecule has 0 aliphatic rings. The molecule has 18 heavy (non-hydrogen) atoms. The molecule has 1 aromatic heterocycles. The van der Waals surface area contributed by atoms with Gasteiger partial charge in [-0.3, -0.25) is 4.79 Å². The van der Waals surface area contributed by atoms with E-state index in [4.69, 9.17) is 9.26 Å². The second-order valence-electron chi connectivity index (χ2n) is 4.27. The zero-order valence-electron chi connectivity index (χ0n) is 10.9. The van der Waals surface area contributed by atoms with Crippen molar-refractivity contribution in [1.29, 1.82) is 0 Å². The molecule has 0 radical (unpaired) electrons. The summed E-state index contributed by atoms with van der Waals surface area (Å²) in [7, 11) is 1.64. The topological polar surface area (TPSA) is 52.3 Å². The Hall–Kier alpha value is -2.10. The molecule has 0 aliphatic carbocycles. The van der Waals surface area contributed by atoms with Gasteiger partial charge in [0.15, 0.2) is 11.5 Å². The number of hydrogen-bond donors (Lipinski definition) is 0. The van der Waals surface area contributed by atoms with E-state index in [9.17, 15) is 4.79 Å². The van der Waals surface area contributed by atoms with Gasteiger partial charge in [0.2, 0.25) is 0 Å². The lowest BCUT2D eigenvalue weighted by molar-refractivity contribution is 0.100. The molecule has 0 N–H and O–H groups in total. The van der Waals surface area contributed by atoms with E-state index in [0.29, 0.717) is 11.5 Å². The maximum atomic E-state index is 11.2. The van der Waals surface area contributed by atoms with E-state index < -0.39 is 0 Å². The molecule has 0 aliphatic heterocycles. The fourth-order valence-corrected chi connectivity index (χ4v) is 1.84. The van der Waals surface area contributed by atoms with E-state index in [2.05, 4.69) is 5.16 Å². The molecule has 0 unspecified atom stereocenters. The molecule has 0 amide bonds. The highest BCUT2D eigenvalue weighted by atomic mass is 16.5. The summed E-state index contributed by atoms with van der Waals surface area (Å²) in [6.07, 6.45) is 0. The summed E-state index contributed by atoms with van der Waals surface area (Å²) in [5.41, 5.74) is 3.30. The zero-order valence-corrected chi connectivity index (χ0v) is 10.9. The largest absolute Gasteiger partial charge is 0.496 e. The van der Waals surface area contributed by atoms with Crippen LogP contribution in [0.2, 0.25) is 0 Å². The molecule has 2 aromatic rings. The fraction of sp³-hybridized carbons (Fsp3) is 0.286. The third kappa shape index (κ3) is 2.14. The number of ether oxygens (including phenoxy) is 1. The van der Waals surface area contributed by atoms with Crippen LogP contribution in [0.3, 0.4) is 0 Å². The Morgan fingerprint density at radius 3 is 2.50 bits per heavy atom. The SMILES string of the molecule is COc1cc(C)c(-c2cc(C(C)=O)no2)cc1C. The van der Waals surface area contributed by atoms with Crippen molar-refractivity contribution in [2.75, 3.05) is 7.11 Å². The number of aryl methyl sites for hydroxylation is 2. The Morgan fingerprint density at radius 2 is 1.94 bits per heavy atom. The van der Waals surface area contributed by atoms with Crippen molar-refractivity contribution in [1.82, 2.24) is 5.16 Å². The van der Waals surface area contributed by atoms with Gasteiger partial charge in [-0.05, 0) is 37.1 Å². The Bertz CT molecular complexity index is 599. The van der Waals surface area contributed by atoms with Crippen molar-refractivity contribution < 1.29 is 14.1 Å². The molecule has 0 saturated carbocycles. The molecule has 0 bridgehead atoms. The maximum absolute atomic E-state index is 11.2. The number of benzene rings is 1. The van der Waals surface area contributed by atoms with Crippen molar-refractivity contribution in [3.05, 3.63) is 35.0 Å². The van der Waals surface area contributed by atoms with Crippen LogP contribution >= 0.6 is 0 Å². The molecule has 94 valence electrons. The van der Waals surface area contributed by atoms with Gasteiger partial charge in [0, 0.05) is 18.6 Å². The number of nitrogens with zero attached hydrogens (tertiary/aromatic N) is 1. The Labute approximate surface area is 106 Å². The van der Waals surface area contributed by atoms with Crippen molar-refractivity contribution >= 4 is 5.78 Å². The van der Waals surface area contributed by atoms with Crippen LogP contribution in [0.1, 0.15) is 28.5 Å². The number of Topliss-reactive ketones (excluding diaryl/α,β-unsaturated/α-hetero) is 1. The minimum absolute atomic E-state index is 0.104. The van der Waals surface area contributed by atoms with Gasteiger partial charge in [0.05, 0.1) is 7.11 Å². The number of rotatable bonds is 3. The average molecular weight is 245 g/mol. The van der Waals surface area contributed by atoms with Crippen molar-refractivity contribution in [3.8, 4) is 17.1 Å². The minimum Gasteiger partial charge on any atom is -0.496 e. The summed E-state index contributed by atoms with van der Waals surface area (Å²) < 4.78 is 10.5. The predicted octanol–water partition coefficient (Wildman–Crippen LogP) is 3.17. The first-order valence-electron chi connectivity index (χ1n) is 5.66. The van der Waals surface area contributed by atoms with Crippen LogP contribution in [-0.2, 0) is 0 Å². The number of hydrogen-bond acceptors (Lipinski definition) is 4. The first kappa shape index (κ1) is 12.4. The number of ketones is 1. The highest BCUT2D eigenvalue weighted by Gasteiger charge is 2.13. The molecule has 0 fully saturated rings. The van der Waals surface area contributed by atoms with Crippen LogP contribution in [-0.4, -0.2) is 18.0 Å². The molecule has 4 heteroatoms. The van der Waals surface area contributed by atoms with E-state index in [0.717, 1.165) is 22.4 Å². The number of carbonyl (C=O) groups is 1. The van der Waals surface area contributed by atoms with E-state index in [-0.39, 0.29) is 5.78 Å². The molecule has 4 nitrogen and oxygen atoms in total. The summed E-state index contributed by atoms with van der Waals surface area (Å²) >= 11 is 0. The van der Waals surface area contributed by atoms with E-state index in [1.165, 1.54) is 6.92 Å². The molecule has 0 atom stereocenters. The Kier molecular flexibility index (Phi) is 3.19. The minimum atomic E-state index is -0.104. The molecule has 2 rings (SSSR count). The molecule has 0 saturated heterocycles. The summed E-state index contributed by atoms with van der Waals surface area (Å²) in [4.78, 5) is 11.2. The highest BCUT2D eigenvalue weighted by Crippen LogP contribution is 2.30. The summed E-state index contributed by atoms with van der Waals surface area (Å²) in [5, 5.41) is 3.75. The van der Waals surface area contributed by atoms with Crippen LogP contribution in [0.5, 0.6) is 5.75 Å². The van der Waals surface area contributed by atoms with Gasteiger partial charge in [-0.25, -0.2) is 0 Å². The summed E-state index contributed by atoms with van der Waals surface area (Å²) in [6, 6.07) is 5.58. The van der Waals surface area contributed by atoms with Gasteiger partial charge in [0.25, 0.3) is 0 Å². The standard InChI is InChI=1S/C14H15NO3/c1-8-6-13(17-4)9(2)5-11(8)14-7-12(10(3)16)15-18-14/h5-7H,1-4H3. The lowest BCUT2D eigenvalue weighted by atomic mass is 10.0. The molecule has 1 heterocycles. The van der Waals surface area contributed by atoms with Crippen molar-refractivity contribution in [3.63, 3.8) is 0 Å². The lowest BCUT2D eigenvalue weighted by Gasteiger charge is -2.08. The molecular weight excluding hydrogens is 230 g/mol. The second kappa shape index (κ2) is 4.64. The lowest BCUT2D eigenvalue weighted by Crippen LogP contribution is -1.91. The second-order valence-corrected chi connectivity index (χ2v) is 4.27. The molecular formula is C14H15NO3. The van der Waals surface area contributed by atoms with Gasteiger partial charge in [-0.1, -0.05) is 5.16 Å². The van der Waals surface area contributed by atoms with Crippen molar-refractivity contribution in [2.45, 2.75) is 20.8 Å². The van der Waals surface area contributed by atoms with Crippen LogP contribution in [0, 0.1) is 13.8 Å². The van der Waals surface area contributed by atoms with Crippen LogP contribution in [0.4, 0.5) is 0 Å². The summed E-state index contributed by atoms with van der Waals surface area (Å²) in [5.74, 6) is 1.33. The predicted molar refractivity (Wildman–Crippen MR) is 68.0 cm³/mol. The smallest absolute Gasteiger partial charge is 0.181 e. The monoisotopic (exact) mass is 245 g/mol. The number of methoxy groups -OCH3 is 1. The average Bonchev–Trinajstić information content (AvgIpc) is 2.81. The van der Waals surface area contributed by atoms with Gasteiger partial charge in [-0.15, -0.1) is 0 Å². The van der Waals surface area contributed by atoms with Crippen LogP contribution in [0.25, 0.3) is 11.3 Å². The van der Waals surface area contributed by atoms with Gasteiger partial charge in [0.1, 0.15) is 11.4 Å². The van der Waals surface area contributed by atoms with E-state index >= 15 is 0 Å². The van der Waals surface area contributed by atoms with E-state index in [1.54, 1.807) is 13.2 Å². The van der Waals surface area contributed by atoms with Crippen molar-refractivity contribution in [2.24, 2.45) is 0 Å². The maximum Gasteiger partial charge on any atom is 0.181 e.